The van der Waals surface area contributed by atoms with Gasteiger partial charge in [0.05, 0.1) is 43.0 Å². The van der Waals surface area contributed by atoms with E-state index in [0.29, 0.717) is 0 Å². The summed E-state index contributed by atoms with van der Waals surface area (Å²) in [7, 11) is 0. The predicted molar refractivity (Wildman–Crippen MR) is 130 cm³/mol. The summed E-state index contributed by atoms with van der Waals surface area (Å²) in [6.07, 6.45) is 9.11. The van der Waals surface area contributed by atoms with Gasteiger partial charge in [0.1, 0.15) is 11.4 Å². The summed E-state index contributed by atoms with van der Waals surface area (Å²) in [6.45, 7) is 7.38. The Kier molecular flexibility index (Phi) is 6.32. The molecule has 0 radical (unpaired) electrons. The van der Waals surface area contributed by atoms with Crippen molar-refractivity contribution in [2.24, 2.45) is 0 Å². The van der Waals surface area contributed by atoms with Crippen LogP contribution < -0.4 is 9.80 Å². The van der Waals surface area contributed by atoms with Gasteiger partial charge < -0.3 is 14.9 Å². The molecule has 2 aliphatic rings. The number of piperazine rings is 1. The molecular weight excluding hydrogens is 426 g/mol. The maximum Gasteiger partial charge on any atom is 0.189 e. The molecule has 6 nitrogen and oxygen atoms in total. The highest BCUT2D eigenvalue weighted by molar-refractivity contribution is 7.98. The number of thiophene rings is 1. The zero-order valence-corrected chi connectivity index (χ0v) is 20.2. The number of rotatable bonds is 7. The number of aryl methyl sites for hydroxylation is 2. The van der Waals surface area contributed by atoms with Gasteiger partial charge in [-0.15, -0.1) is 11.3 Å². The minimum Gasteiger partial charge on any atom is -0.391 e. The van der Waals surface area contributed by atoms with Crippen LogP contribution in [0, 0.1) is 0 Å². The lowest BCUT2D eigenvalue weighted by Crippen LogP contribution is -3.15. The summed E-state index contributed by atoms with van der Waals surface area (Å²) >= 11 is 3.42. The van der Waals surface area contributed by atoms with Crippen LogP contribution in [-0.4, -0.2) is 65.6 Å². The van der Waals surface area contributed by atoms with Crippen LogP contribution in [0.5, 0.6) is 0 Å². The number of aliphatic hydroxyl groups is 1. The highest BCUT2D eigenvalue weighted by atomic mass is 32.2. The van der Waals surface area contributed by atoms with E-state index < -0.39 is 0 Å². The Morgan fingerprint density at radius 1 is 1.13 bits per heavy atom. The van der Waals surface area contributed by atoms with E-state index in [1.54, 1.807) is 23.1 Å². The van der Waals surface area contributed by atoms with Crippen molar-refractivity contribution in [3.63, 3.8) is 0 Å². The summed E-state index contributed by atoms with van der Waals surface area (Å²) in [6, 6.07) is 0. The lowest BCUT2D eigenvalue weighted by atomic mass is 10.0. The number of nitrogens with one attached hydrogen (secondary N) is 1. The number of anilines is 1. The Hall–Kier alpha value is -1.48. The maximum absolute atomic E-state index is 9.28. The first-order valence-electron chi connectivity index (χ1n) is 11.6. The molecule has 1 saturated heterocycles. The molecule has 8 heteroatoms. The average Bonchev–Trinajstić information content (AvgIpc) is 3.42. The maximum atomic E-state index is 9.28. The van der Waals surface area contributed by atoms with Crippen molar-refractivity contribution in [1.82, 2.24) is 15.0 Å². The summed E-state index contributed by atoms with van der Waals surface area (Å²) in [5, 5.41) is 11.4. The lowest BCUT2D eigenvalue weighted by molar-refractivity contribution is -0.900. The highest BCUT2D eigenvalue weighted by Gasteiger charge is 2.28. The van der Waals surface area contributed by atoms with E-state index in [1.165, 1.54) is 51.1 Å². The van der Waals surface area contributed by atoms with Crippen LogP contribution in [0.3, 0.4) is 0 Å². The van der Waals surface area contributed by atoms with Crippen molar-refractivity contribution in [3.8, 4) is 0 Å². The van der Waals surface area contributed by atoms with Gasteiger partial charge in [-0.1, -0.05) is 25.1 Å². The van der Waals surface area contributed by atoms with Crippen LogP contribution in [0.4, 0.5) is 5.82 Å². The van der Waals surface area contributed by atoms with Gasteiger partial charge in [0.15, 0.2) is 11.0 Å². The van der Waals surface area contributed by atoms with Gasteiger partial charge in [-0.3, -0.25) is 0 Å². The van der Waals surface area contributed by atoms with Gasteiger partial charge in [0, 0.05) is 11.1 Å². The molecule has 3 aromatic rings. The molecule has 0 atom stereocenters. The van der Waals surface area contributed by atoms with Crippen molar-refractivity contribution in [2.75, 3.05) is 50.5 Å². The monoisotopic (exact) mass is 458 g/mol. The van der Waals surface area contributed by atoms with E-state index in [-0.39, 0.29) is 6.61 Å². The third kappa shape index (κ3) is 3.92. The third-order valence-corrected chi connectivity index (χ3v) is 8.38. The molecule has 31 heavy (non-hydrogen) atoms. The fraction of sp³-hybridized carbons (Fsp3) is 0.609. The first-order valence-corrected chi connectivity index (χ1v) is 13.7. The van der Waals surface area contributed by atoms with Crippen LogP contribution in [-0.2, 0) is 19.3 Å². The molecule has 0 aromatic carbocycles. The minimum absolute atomic E-state index is 0.261. The third-order valence-electron chi connectivity index (χ3n) is 6.77. The number of fused-ring (bicyclic) bond motifs is 5. The van der Waals surface area contributed by atoms with Crippen LogP contribution in [0.15, 0.2) is 5.16 Å². The number of nitrogens with zero attached hydrogens (tertiary/aromatic N) is 4. The Labute approximate surface area is 192 Å². The molecule has 0 unspecified atom stereocenters. The van der Waals surface area contributed by atoms with Gasteiger partial charge in [0.2, 0.25) is 0 Å². The summed E-state index contributed by atoms with van der Waals surface area (Å²) < 4.78 is 1.20. The summed E-state index contributed by atoms with van der Waals surface area (Å²) in [5.74, 6) is 1.09. The minimum atomic E-state index is 0.261. The van der Waals surface area contributed by atoms with Crippen molar-refractivity contribution < 1.29 is 10.0 Å². The zero-order chi connectivity index (χ0) is 21.4. The number of aromatic nitrogens is 3. The number of hydrogen-bond acceptors (Lipinski definition) is 7. The van der Waals surface area contributed by atoms with E-state index in [0.717, 1.165) is 73.3 Å². The quantitative estimate of drug-likeness (QED) is 0.419. The molecular formula is C23H32N5OS2+. The van der Waals surface area contributed by atoms with Crippen LogP contribution in [0.1, 0.15) is 43.0 Å². The molecule has 0 bridgehead atoms. The Morgan fingerprint density at radius 3 is 2.68 bits per heavy atom. The van der Waals surface area contributed by atoms with E-state index in [1.807, 2.05) is 0 Å². The van der Waals surface area contributed by atoms with E-state index >= 15 is 0 Å². The van der Waals surface area contributed by atoms with Crippen LogP contribution >= 0.6 is 23.1 Å². The van der Waals surface area contributed by atoms with Crippen molar-refractivity contribution in [1.29, 1.82) is 0 Å². The SMILES string of the molecule is CCCCc1nc2sc3c(N4CC[NH+](CCO)CC4)nc(SC)nc3c2c2c1CCC2. The Balaban J connectivity index is 1.63. The molecule has 5 rings (SSSR count). The fourth-order valence-corrected chi connectivity index (χ4v) is 6.65. The standard InChI is InChI=1S/C23H31N5OS2/c1-3-4-8-17-15-6-5-7-16(15)18-19-20(31-22(18)24-17)21(26-23(25-19)30-2)28-11-9-27(10-12-28)13-14-29/h29H,3-14H2,1-2H3/p+1. The number of quaternary nitrogens is 1. The lowest BCUT2D eigenvalue weighted by Gasteiger charge is -2.32. The second-order valence-corrected chi connectivity index (χ2v) is 10.4. The molecule has 0 amide bonds. The Bertz CT molecular complexity index is 1090. The largest absolute Gasteiger partial charge is 0.391 e. The van der Waals surface area contributed by atoms with Gasteiger partial charge >= 0.3 is 0 Å². The zero-order valence-electron chi connectivity index (χ0n) is 18.5. The topological polar surface area (TPSA) is 66.6 Å². The smallest absolute Gasteiger partial charge is 0.189 e. The normalized spacial score (nSPS) is 17.2. The number of pyridine rings is 1. The molecule has 4 heterocycles. The fourth-order valence-electron chi connectivity index (χ4n) is 5.11. The molecule has 0 saturated carbocycles. The molecule has 1 aliphatic carbocycles. The second-order valence-electron chi connectivity index (χ2n) is 8.68. The number of aliphatic hydroxyl groups excluding tert-OH is 1. The number of thioether (sulfide) groups is 1. The van der Waals surface area contributed by atoms with Gasteiger partial charge in [-0.2, -0.15) is 0 Å². The van der Waals surface area contributed by atoms with E-state index in [4.69, 9.17) is 15.0 Å². The second kappa shape index (κ2) is 9.17. The summed E-state index contributed by atoms with van der Waals surface area (Å²) in [4.78, 5) is 20.2. The van der Waals surface area contributed by atoms with E-state index in [2.05, 4.69) is 18.1 Å². The van der Waals surface area contributed by atoms with Crippen molar-refractivity contribution >= 4 is 49.3 Å². The average molecular weight is 459 g/mol. The van der Waals surface area contributed by atoms with Gasteiger partial charge in [-0.05, 0) is 49.5 Å². The number of hydrogen-bond donors (Lipinski definition) is 2. The molecule has 166 valence electrons. The van der Waals surface area contributed by atoms with Gasteiger partial charge in [0.25, 0.3) is 0 Å². The molecule has 0 spiro atoms. The Morgan fingerprint density at radius 2 is 1.94 bits per heavy atom. The van der Waals surface area contributed by atoms with Crippen LogP contribution in [0.2, 0.25) is 0 Å². The first-order chi connectivity index (χ1) is 15.2. The van der Waals surface area contributed by atoms with Crippen LogP contribution in [0.25, 0.3) is 20.4 Å². The molecule has 1 aliphatic heterocycles. The number of unbranched alkanes of at least 4 members (excludes halogenated alkanes) is 1. The highest BCUT2D eigenvalue weighted by Crippen LogP contribution is 2.43. The molecule has 2 N–H and O–H groups in total. The molecule has 3 aromatic heterocycles. The van der Waals surface area contributed by atoms with Gasteiger partial charge in [-0.25, -0.2) is 15.0 Å². The van der Waals surface area contributed by atoms with E-state index in [9.17, 15) is 5.11 Å². The first kappa shape index (κ1) is 21.4. The van der Waals surface area contributed by atoms with Crippen molar-refractivity contribution in [3.05, 3.63) is 16.8 Å². The predicted octanol–water partition coefficient (Wildman–Crippen LogP) is 2.49. The summed E-state index contributed by atoms with van der Waals surface area (Å²) in [5.41, 5.74) is 5.46. The van der Waals surface area contributed by atoms with Crippen molar-refractivity contribution in [2.45, 2.75) is 50.6 Å². The molecule has 1 fully saturated rings.